The van der Waals surface area contributed by atoms with E-state index in [1.807, 2.05) is 19.0 Å². The monoisotopic (exact) mass is 341 g/mol. The second-order valence-corrected chi connectivity index (χ2v) is 5.83. The maximum Gasteiger partial charge on any atom is 0.264 e. The highest BCUT2D eigenvalue weighted by Crippen LogP contribution is 2.25. The van der Waals surface area contributed by atoms with Crippen molar-refractivity contribution in [3.63, 3.8) is 0 Å². The smallest absolute Gasteiger partial charge is 0.264 e. The van der Waals surface area contributed by atoms with Gasteiger partial charge in [0, 0.05) is 56.3 Å². The van der Waals surface area contributed by atoms with Crippen LogP contribution in [0.5, 0.6) is 0 Å². The Morgan fingerprint density at radius 1 is 1.42 bits per heavy atom. The minimum absolute atomic E-state index is 0.0764. The van der Waals surface area contributed by atoms with Crippen LogP contribution >= 0.6 is 0 Å². The van der Waals surface area contributed by atoms with Gasteiger partial charge in [-0.2, -0.15) is 5.10 Å². The second kappa shape index (κ2) is 7.52. The number of aryl methyl sites for hydroxylation is 2. The average Bonchev–Trinajstić information content (AvgIpc) is 2.86. The largest absolute Gasteiger partial charge is 0.355 e. The summed E-state index contributed by atoms with van der Waals surface area (Å²) in [6, 6.07) is 0.915. The zero-order chi connectivity index (χ0) is 17.9. The van der Waals surface area contributed by atoms with Crippen LogP contribution < -0.4 is 10.9 Å². The van der Waals surface area contributed by atoms with Crippen molar-refractivity contribution < 1.29 is 13.6 Å². The van der Waals surface area contributed by atoms with E-state index in [0.29, 0.717) is 13.1 Å². The Morgan fingerprint density at radius 3 is 2.75 bits per heavy atom. The Labute approximate surface area is 137 Å². The summed E-state index contributed by atoms with van der Waals surface area (Å²) in [4.78, 5) is 25.9. The molecule has 2 rings (SSSR count). The van der Waals surface area contributed by atoms with Gasteiger partial charge in [0.2, 0.25) is 5.91 Å². The van der Waals surface area contributed by atoms with Gasteiger partial charge in [-0.1, -0.05) is 0 Å². The minimum atomic E-state index is -2.76. The van der Waals surface area contributed by atoms with Crippen molar-refractivity contribution in [1.29, 1.82) is 0 Å². The van der Waals surface area contributed by atoms with Gasteiger partial charge in [0.1, 0.15) is 0 Å². The zero-order valence-electron chi connectivity index (χ0n) is 13.9. The van der Waals surface area contributed by atoms with Crippen LogP contribution in [0, 0.1) is 0 Å². The summed E-state index contributed by atoms with van der Waals surface area (Å²) < 4.78 is 28.8. The highest BCUT2D eigenvalue weighted by Gasteiger charge is 2.18. The molecule has 1 N–H and O–H groups in total. The zero-order valence-corrected chi connectivity index (χ0v) is 13.9. The molecule has 0 bridgehead atoms. The number of rotatable bonds is 7. The third kappa shape index (κ3) is 4.16. The number of hydrogen-bond donors (Lipinski definition) is 1. The Hall–Kier alpha value is -2.29. The summed E-state index contributed by atoms with van der Waals surface area (Å²) in [6.07, 6.45) is -1.23. The molecular weight excluding hydrogens is 320 g/mol. The first-order chi connectivity index (χ1) is 11.3. The van der Waals surface area contributed by atoms with E-state index in [1.54, 1.807) is 7.05 Å². The molecule has 0 saturated heterocycles. The SMILES string of the molecule is CN(C)CCNC(=O)CCn1c(=O)cc(C(F)F)c2cn(C)nc21. The van der Waals surface area contributed by atoms with E-state index in [-0.39, 0.29) is 35.5 Å². The van der Waals surface area contributed by atoms with Crippen molar-refractivity contribution in [3.05, 3.63) is 28.2 Å². The lowest BCUT2D eigenvalue weighted by atomic mass is 10.2. The number of aromatic nitrogens is 3. The standard InChI is InChI=1S/C15H21F2N5O2/c1-20(2)7-5-18-12(23)4-6-22-13(24)8-10(14(16)17)11-9-21(3)19-15(11)22/h8-9,14H,4-7H2,1-3H3,(H,18,23). The van der Waals surface area contributed by atoms with Gasteiger partial charge in [0.25, 0.3) is 12.0 Å². The topological polar surface area (TPSA) is 72.2 Å². The number of pyridine rings is 1. The lowest BCUT2D eigenvalue weighted by molar-refractivity contribution is -0.121. The van der Waals surface area contributed by atoms with Crippen LogP contribution in [0.3, 0.4) is 0 Å². The number of carbonyl (C=O) groups excluding carboxylic acids is 1. The number of hydrogen-bond acceptors (Lipinski definition) is 4. The molecule has 2 aromatic heterocycles. The molecule has 0 unspecified atom stereocenters. The molecule has 9 heteroatoms. The molecule has 2 heterocycles. The highest BCUT2D eigenvalue weighted by molar-refractivity contribution is 5.79. The van der Waals surface area contributed by atoms with Crippen LogP contribution in [0.4, 0.5) is 8.78 Å². The van der Waals surface area contributed by atoms with E-state index in [2.05, 4.69) is 10.4 Å². The van der Waals surface area contributed by atoms with Crippen LogP contribution in [0.25, 0.3) is 11.0 Å². The predicted molar refractivity (Wildman–Crippen MR) is 86.1 cm³/mol. The van der Waals surface area contributed by atoms with Gasteiger partial charge < -0.3 is 10.2 Å². The van der Waals surface area contributed by atoms with Crippen LogP contribution in [-0.4, -0.2) is 52.3 Å². The normalized spacial score (nSPS) is 11.6. The van der Waals surface area contributed by atoms with Crippen molar-refractivity contribution in [2.24, 2.45) is 7.05 Å². The highest BCUT2D eigenvalue weighted by atomic mass is 19.3. The molecule has 0 aromatic carbocycles. The maximum atomic E-state index is 13.1. The fourth-order valence-corrected chi connectivity index (χ4v) is 2.39. The molecule has 0 spiro atoms. The third-order valence-corrected chi connectivity index (χ3v) is 3.60. The molecule has 0 aliphatic rings. The van der Waals surface area contributed by atoms with Crippen LogP contribution in [0.15, 0.2) is 17.1 Å². The fraction of sp³-hybridized carbons (Fsp3) is 0.533. The van der Waals surface area contributed by atoms with Crippen LogP contribution in [0.1, 0.15) is 18.4 Å². The Kier molecular flexibility index (Phi) is 5.66. The van der Waals surface area contributed by atoms with Crippen molar-refractivity contribution >= 4 is 16.9 Å². The number of amides is 1. The second-order valence-electron chi connectivity index (χ2n) is 5.83. The molecule has 0 radical (unpaired) electrons. The predicted octanol–water partition coefficient (Wildman–Crippen LogP) is 0.740. The van der Waals surface area contributed by atoms with Gasteiger partial charge in [0.15, 0.2) is 5.65 Å². The van der Waals surface area contributed by atoms with Crippen LogP contribution in [-0.2, 0) is 18.4 Å². The van der Waals surface area contributed by atoms with Gasteiger partial charge in [0.05, 0.1) is 0 Å². The maximum absolute atomic E-state index is 13.1. The molecular formula is C15H21F2N5O2. The number of carbonyl (C=O) groups is 1. The van der Waals surface area contributed by atoms with E-state index in [4.69, 9.17) is 0 Å². The number of likely N-dealkylation sites (N-methyl/N-ethyl adjacent to an activating group) is 1. The average molecular weight is 341 g/mol. The van der Waals surface area contributed by atoms with Crippen molar-refractivity contribution in [1.82, 2.24) is 24.6 Å². The lowest BCUT2D eigenvalue weighted by Crippen LogP contribution is -2.32. The van der Waals surface area contributed by atoms with E-state index in [0.717, 1.165) is 6.07 Å². The van der Waals surface area contributed by atoms with Gasteiger partial charge >= 0.3 is 0 Å². The summed E-state index contributed by atoms with van der Waals surface area (Å²) in [6.45, 7) is 1.30. The molecule has 0 atom stereocenters. The number of nitrogens with one attached hydrogen (secondary N) is 1. The van der Waals surface area contributed by atoms with Crippen molar-refractivity contribution in [2.45, 2.75) is 19.4 Å². The van der Waals surface area contributed by atoms with Crippen LogP contribution in [0.2, 0.25) is 0 Å². The first-order valence-corrected chi connectivity index (χ1v) is 7.56. The molecule has 132 valence electrons. The molecule has 0 aliphatic carbocycles. The Balaban J connectivity index is 2.18. The number of nitrogens with zero attached hydrogens (tertiary/aromatic N) is 4. The Morgan fingerprint density at radius 2 is 2.12 bits per heavy atom. The molecule has 2 aromatic rings. The summed E-state index contributed by atoms with van der Waals surface area (Å²) in [5.41, 5.74) is -0.756. The summed E-state index contributed by atoms with van der Waals surface area (Å²) >= 11 is 0. The number of halogens is 2. The molecule has 24 heavy (non-hydrogen) atoms. The lowest BCUT2D eigenvalue weighted by Gasteiger charge is -2.11. The summed E-state index contributed by atoms with van der Waals surface area (Å²) in [5.74, 6) is -0.203. The first kappa shape index (κ1) is 18.1. The number of fused-ring (bicyclic) bond motifs is 1. The van der Waals surface area contributed by atoms with Gasteiger partial charge in [-0.15, -0.1) is 0 Å². The van der Waals surface area contributed by atoms with E-state index in [9.17, 15) is 18.4 Å². The van der Waals surface area contributed by atoms with Gasteiger partial charge in [-0.3, -0.25) is 18.8 Å². The van der Waals surface area contributed by atoms with E-state index >= 15 is 0 Å². The third-order valence-electron chi connectivity index (χ3n) is 3.60. The van der Waals surface area contributed by atoms with Gasteiger partial charge in [-0.05, 0) is 14.1 Å². The van der Waals surface area contributed by atoms with E-state index in [1.165, 1.54) is 15.4 Å². The quantitative estimate of drug-likeness (QED) is 0.806. The minimum Gasteiger partial charge on any atom is -0.355 e. The van der Waals surface area contributed by atoms with E-state index < -0.39 is 12.0 Å². The fourth-order valence-electron chi connectivity index (χ4n) is 2.39. The molecule has 0 aliphatic heterocycles. The van der Waals surface area contributed by atoms with Crippen molar-refractivity contribution in [3.8, 4) is 0 Å². The molecule has 0 saturated carbocycles. The number of alkyl halides is 2. The first-order valence-electron chi connectivity index (χ1n) is 7.56. The molecule has 7 nitrogen and oxygen atoms in total. The Bertz CT molecular complexity index is 782. The van der Waals surface area contributed by atoms with Gasteiger partial charge in [-0.25, -0.2) is 8.78 Å². The molecule has 0 fully saturated rings. The molecule has 1 amide bonds. The van der Waals surface area contributed by atoms with Crippen molar-refractivity contribution in [2.75, 3.05) is 27.2 Å². The summed E-state index contributed by atoms with van der Waals surface area (Å²) in [7, 11) is 5.39. The summed E-state index contributed by atoms with van der Waals surface area (Å²) in [5, 5.41) is 7.06.